The molecule has 1 aromatic heterocycles. The number of ether oxygens (including phenoxy) is 4. The number of esters is 1. The quantitative estimate of drug-likeness (QED) is 0.422. The molecule has 5 heterocycles. The third-order valence-electron chi connectivity index (χ3n) is 10.1. The number of carbonyl (C=O) groups excluding carboxylic acids is 1. The summed E-state index contributed by atoms with van der Waals surface area (Å²) in [6.07, 6.45) is 0.205. The number of hydrogen-bond acceptors (Lipinski definition) is 9. The number of hydrogen-bond donors (Lipinski definition) is 2. The van der Waals surface area contributed by atoms with Crippen molar-refractivity contribution in [1.29, 1.82) is 0 Å². The van der Waals surface area contributed by atoms with Crippen molar-refractivity contribution in [3.05, 3.63) is 29.1 Å². The molecule has 4 aliphatic heterocycles. The molecule has 224 valence electrons. The fourth-order valence-electron chi connectivity index (χ4n) is 7.43. The van der Waals surface area contributed by atoms with Crippen molar-refractivity contribution in [2.24, 2.45) is 11.8 Å². The minimum absolute atomic E-state index is 0.0217. The zero-order valence-corrected chi connectivity index (χ0v) is 25.2. The van der Waals surface area contributed by atoms with Gasteiger partial charge in [0.05, 0.1) is 36.5 Å². The lowest BCUT2D eigenvalue weighted by molar-refractivity contribution is -0.278. The van der Waals surface area contributed by atoms with Crippen molar-refractivity contribution in [2.75, 3.05) is 14.1 Å². The standard InChI is InChI=1S/C31H48N2O7/c1-9-24-18(5)29-31(6,40-29)25-12-19-15(2)10-20(21(19)14-32-25)28(17(4)23(34)13-26(35)38-24)39-30-27(36)22(33(7)8)11-16(3)37-30/h12,14-18,20,22-24,27-30,34,36H,9-11,13H2,1-8H3. The number of pyridine rings is 1. The number of aromatic nitrogens is 1. The Morgan fingerprint density at radius 1 is 1.12 bits per heavy atom. The van der Waals surface area contributed by atoms with Gasteiger partial charge in [-0.15, -0.1) is 0 Å². The summed E-state index contributed by atoms with van der Waals surface area (Å²) in [5, 5.41) is 22.6. The first kappa shape index (κ1) is 29.9. The second-order valence-electron chi connectivity index (χ2n) is 13.2. The molecular weight excluding hydrogens is 512 g/mol. The molecule has 0 spiro atoms. The van der Waals surface area contributed by atoms with Crippen LogP contribution in [0, 0.1) is 11.8 Å². The van der Waals surface area contributed by atoms with E-state index in [1.807, 2.05) is 46.0 Å². The molecule has 2 fully saturated rings. The van der Waals surface area contributed by atoms with Crippen molar-refractivity contribution < 1.29 is 34.0 Å². The second-order valence-corrected chi connectivity index (χ2v) is 13.2. The number of nitrogens with zero attached hydrogens (tertiary/aromatic N) is 2. The highest BCUT2D eigenvalue weighted by Crippen LogP contribution is 2.53. The van der Waals surface area contributed by atoms with Gasteiger partial charge in [-0.05, 0) is 70.3 Å². The summed E-state index contributed by atoms with van der Waals surface area (Å²) >= 11 is 0. The smallest absolute Gasteiger partial charge is 0.308 e. The average Bonchev–Trinajstić information content (AvgIpc) is 3.50. The Balaban J connectivity index is 1.53. The number of fused-ring (bicyclic) bond motifs is 8. The molecule has 13 atom stereocenters. The van der Waals surface area contributed by atoms with Crippen LogP contribution in [-0.2, 0) is 29.3 Å². The van der Waals surface area contributed by atoms with Crippen LogP contribution >= 0.6 is 0 Å². The van der Waals surface area contributed by atoms with E-state index in [1.54, 1.807) is 0 Å². The first-order valence-electron chi connectivity index (χ1n) is 15.1. The molecule has 9 heteroatoms. The van der Waals surface area contributed by atoms with Crippen molar-refractivity contribution in [1.82, 2.24) is 9.88 Å². The Kier molecular flexibility index (Phi) is 8.38. The Morgan fingerprint density at radius 2 is 1.85 bits per heavy atom. The molecule has 5 aliphatic rings. The number of carbonyl (C=O) groups is 1. The molecule has 0 amide bonds. The van der Waals surface area contributed by atoms with Crippen molar-refractivity contribution in [3.63, 3.8) is 0 Å². The molecular formula is C31H48N2O7. The summed E-state index contributed by atoms with van der Waals surface area (Å²) in [5.41, 5.74) is 2.66. The van der Waals surface area contributed by atoms with Crippen LogP contribution in [0.15, 0.2) is 12.3 Å². The highest BCUT2D eigenvalue weighted by Gasteiger charge is 2.59. The van der Waals surface area contributed by atoms with Crippen LogP contribution in [0.2, 0.25) is 0 Å². The molecule has 4 bridgehead atoms. The van der Waals surface area contributed by atoms with Gasteiger partial charge in [0.2, 0.25) is 0 Å². The Labute approximate surface area is 238 Å². The number of aliphatic hydroxyl groups excluding tert-OH is 2. The maximum atomic E-state index is 13.1. The monoisotopic (exact) mass is 560 g/mol. The van der Waals surface area contributed by atoms with Crippen LogP contribution in [0.5, 0.6) is 0 Å². The number of likely N-dealkylation sites (N-methyl/N-ethyl adjacent to an activating group) is 1. The zero-order chi connectivity index (χ0) is 29.1. The van der Waals surface area contributed by atoms with Crippen molar-refractivity contribution >= 4 is 5.97 Å². The van der Waals surface area contributed by atoms with E-state index in [0.717, 1.165) is 17.7 Å². The van der Waals surface area contributed by atoms with E-state index in [2.05, 4.69) is 26.8 Å². The maximum Gasteiger partial charge on any atom is 0.308 e. The van der Waals surface area contributed by atoms with E-state index in [9.17, 15) is 15.0 Å². The van der Waals surface area contributed by atoms with Crippen LogP contribution in [0.25, 0.3) is 0 Å². The van der Waals surface area contributed by atoms with Crippen molar-refractivity contribution in [3.8, 4) is 0 Å². The van der Waals surface area contributed by atoms with Crippen LogP contribution in [0.1, 0.15) is 95.9 Å². The summed E-state index contributed by atoms with van der Waals surface area (Å²) in [5.74, 6) is -0.719. The van der Waals surface area contributed by atoms with Gasteiger partial charge in [0, 0.05) is 30.0 Å². The van der Waals surface area contributed by atoms with Crippen LogP contribution in [0.3, 0.4) is 0 Å². The largest absolute Gasteiger partial charge is 0.462 e. The molecule has 0 saturated carbocycles. The van der Waals surface area contributed by atoms with Gasteiger partial charge >= 0.3 is 5.97 Å². The highest BCUT2D eigenvalue weighted by molar-refractivity contribution is 5.70. The number of epoxide rings is 1. The van der Waals surface area contributed by atoms with E-state index >= 15 is 0 Å². The fourth-order valence-corrected chi connectivity index (χ4v) is 7.43. The molecule has 1 aromatic rings. The van der Waals surface area contributed by atoms with Gasteiger partial charge in [-0.1, -0.05) is 27.7 Å². The minimum atomic E-state index is -0.993. The van der Waals surface area contributed by atoms with E-state index in [4.69, 9.17) is 23.9 Å². The molecule has 40 heavy (non-hydrogen) atoms. The number of aliphatic hydroxyl groups is 2. The van der Waals surface area contributed by atoms with Crippen LogP contribution in [-0.4, -0.2) is 89.1 Å². The fraction of sp³-hybridized carbons (Fsp3) is 0.806. The SMILES string of the molecule is CCC1OC(=O)CC(O)C(C)C(OC2OC(C)CC(N(C)C)C2O)C2CC(C)c3cc(ncc32)C2(C)OC2C1C. The summed E-state index contributed by atoms with van der Waals surface area (Å²) in [7, 11) is 3.89. The average molecular weight is 561 g/mol. The van der Waals surface area contributed by atoms with E-state index in [-0.39, 0.29) is 48.5 Å². The molecule has 2 saturated heterocycles. The van der Waals surface area contributed by atoms with Gasteiger partial charge in [0.15, 0.2) is 6.29 Å². The summed E-state index contributed by atoms with van der Waals surface area (Å²) in [4.78, 5) is 20.0. The van der Waals surface area contributed by atoms with Crippen LogP contribution < -0.4 is 0 Å². The molecule has 0 radical (unpaired) electrons. The lowest BCUT2D eigenvalue weighted by Crippen LogP contribution is -2.56. The van der Waals surface area contributed by atoms with Gasteiger partial charge < -0.3 is 34.1 Å². The third-order valence-corrected chi connectivity index (χ3v) is 10.1. The third kappa shape index (κ3) is 5.34. The normalized spacial score (nSPS) is 45.5. The molecule has 0 aromatic carbocycles. The molecule has 2 N–H and O–H groups in total. The first-order chi connectivity index (χ1) is 18.8. The molecule has 9 nitrogen and oxygen atoms in total. The lowest BCUT2D eigenvalue weighted by atomic mass is 9.83. The summed E-state index contributed by atoms with van der Waals surface area (Å²) in [6, 6.07) is 2.05. The van der Waals surface area contributed by atoms with Crippen molar-refractivity contribution in [2.45, 2.75) is 134 Å². The van der Waals surface area contributed by atoms with E-state index in [0.29, 0.717) is 12.8 Å². The second kappa shape index (κ2) is 11.2. The molecule has 1 aliphatic carbocycles. The first-order valence-corrected chi connectivity index (χ1v) is 15.1. The molecule has 13 unspecified atom stereocenters. The summed E-state index contributed by atoms with van der Waals surface area (Å²) < 4.78 is 25.0. The summed E-state index contributed by atoms with van der Waals surface area (Å²) in [6.45, 7) is 12.2. The Hall–Kier alpha value is -1.62. The maximum absolute atomic E-state index is 13.1. The number of rotatable bonds is 4. The predicted octanol–water partition coefficient (Wildman–Crippen LogP) is 3.46. The Bertz CT molecular complexity index is 1080. The minimum Gasteiger partial charge on any atom is -0.462 e. The van der Waals surface area contributed by atoms with Gasteiger partial charge in [-0.25, -0.2) is 0 Å². The highest BCUT2D eigenvalue weighted by atomic mass is 16.7. The van der Waals surface area contributed by atoms with E-state index < -0.39 is 42.1 Å². The van der Waals surface area contributed by atoms with Gasteiger partial charge in [0.1, 0.15) is 17.8 Å². The van der Waals surface area contributed by atoms with Gasteiger partial charge in [-0.3, -0.25) is 9.78 Å². The predicted molar refractivity (Wildman–Crippen MR) is 149 cm³/mol. The topological polar surface area (TPSA) is 114 Å². The van der Waals surface area contributed by atoms with Crippen LogP contribution in [0.4, 0.5) is 0 Å². The van der Waals surface area contributed by atoms with E-state index in [1.165, 1.54) is 5.56 Å². The Morgan fingerprint density at radius 3 is 2.52 bits per heavy atom. The van der Waals surface area contributed by atoms with Gasteiger partial charge in [-0.2, -0.15) is 0 Å². The lowest BCUT2D eigenvalue weighted by Gasteiger charge is -2.44. The molecule has 6 rings (SSSR count). The van der Waals surface area contributed by atoms with Gasteiger partial charge in [0.25, 0.3) is 0 Å². The zero-order valence-electron chi connectivity index (χ0n) is 25.2.